The maximum absolute atomic E-state index is 5.97. The van der Waals surface area contributed by atoms with Crippen LogP contribution in [0.5, 0.6) is 17.2 Å². The lowest BCUT2D eigenvalue weighted by Crippen LogP contribution is -2.27. The average Bonchev–Trinajstić information content (AvgIpc) is 2.40. The zero-order valence-corrected chi connectivity index (χ0v) is 11.9. The van der Waals surface area contributed by atoms with E-state index in [0.29, 0.717) is 24.1 Å². The summed E-state index contributed by atoms with van der Waals surface area (Å²) in [6.45, 7) is 0.635. The van der Waals surface area contributed by atoms with Crippen molar-refractivity contribution in [1.82, 2.24) is 0 Å². The standard InChI is InChI=1S/C15H23NO3/c1-17-13-8-15(19-3)14(18-2)7-11(13)12(9-16)10-5-4-6-10/h7-8,10,12H,4-6,9,16H2,1-3H3. The van der Waals surface area contributed by atoms with Gasteiger partial charge in [-0.2, -0.15) is 0 Å². The first kappa shape index (κ1) is 14.0. The maximum Gasteiger partial charge on any atom is 0.164 e. The summed E-state index contributed by atoms with van der Waals surface area (Å²) in [4.78, 5) is 0. The van der Waals surface area contributed by atoms with Crippen LogP contribution < -0.4 is 19.9 Å². The van der Waals surface area contributed by atoms with Crippen LogP contribution in [0.4, 0.5) is 0 Å². The Morgan fingerprint density at radius 1 is 1.05 bits per heavy atom. The molecule has 19 heavy (non-hydrogen) atoms. The van der Waals surface area contributed by atoms with Crippen molar-refractivity contribution in [3.63, 3.8) is 0 Å². The molecule has 0 amide bonds. The lowest BCUT2D eigenvalue weighted by Gasteiger charge is -2.34. The quantitative estimate of drug-likeness (QED) is 0.859. The zero-order chi connectivity index (χ0) is 13.8. The molecule has 4 heteroatoms. The summed E-state index contributed by atoms with van der Waals surface area (Å²) in [5.41, 5.74) is 7.11. The van der Waals surface area contributed by atoms with Gasteiger partial charge in [0.2, 0.25) is 0 Å². The molecule has 1 aromatic carbocycles. The molecule has 0 aliphatic heterocycles. The van der Waals surface area contributed by atoms with E-state index < -0.39 is 0 Å². The van der Waals surface area contributed by atoms with Crippen LogP contribution in [0, 0.1) is 5.92 Å². The monoisotopic (exact) mass is 265 g/mol. The van der Waals surface area contributed by atoms with Crippen LogP contribution >= 0.6 is 0 Å². The molecule has 2 rings (SSSR count). The maximum atomic E-state index is 5.97. The number of ether oxygens (including phenoxy) is 3. The van der Waals surface area contributed by atoms with E-state index in [4.69, 9.17) is 19.9 Å². The largest absolute Gasteiger partial charge is 0.496 e. The fourth-order valence-electron chi connectivity index (χ4n) is 2.76. The second kappa shape index (κ2) is 6.15. The third-order valence-corrected chi connectivity index (χ3v) is 4.11. The molecule has 1 saturated carbocycles. The van der Waals surface area contributed by atoms with Gasteiger partial charge >= 0.3 is 0 Å². The molecular weight excluding hydrogens is 242 g/mol. The van der Waals surface area contributed by atoms with Crippen molar-refractivity contribution in [2.75, 3.05) is 27.9 Å². The van der Waals surface area contributed by atoms with Crippen molar-refractivity contribution in [3.8, 4) is 17.2 Å². The fourth-order valence-corrected chi connectivity index (χ4v) is 2.76. The molecule has 1 unspecified atom stereocenters. The van der Waals surface area contributed by atoms with Crippen molar-refractivity contribution < 1.29 is 14.2 Å². The second-order valence-corrected chi connectivity index (χ2v) is 4.98. The average molecular weight is 265 g/mol. The van der Waals surface area contributed by atoms with Gasteiger partial charge in [0.1, 0.15) is 5.75 Å². The summed E-state index contributed by atoms with van der Waals surface area (Å²) < 4.78 is 16.2. The summed E-state index contributed by atoms with van der Waals surface area (Å²) >= 11 is 0. The Bertz CT molecular complexity index is 430. The van der Waals surface area contributed by atoms with E-state index in [1.165, 1.54) is 19.3 Å². The van der Waals surface area contributed by atoms with Gasteiger partial charge in [-0.1, -0.05) is 6.42 Å². The van der Waals surface area contributed by atoms with Crippen molar-refractivity contribution >= 4 is 0 Å². The van der Waals surface area contributed by atoms with Gasteiger partial charge in [0.15, 0.2) is 11.5 Å². The molecule has 0 bridgehead atoms. The normalized spacial score (nSPS) is 16.6. The second-order valence-electron chi connectivity index (χ2n) is 4.98. The molecule has 0 radical (unpaired) electrons. The van der Waals surface area contributed by atoms with Crippen LogP contribution in [-0.4, -0.2) is 27.9 Å². The molecule has 1 atom stereocenters. The molecule has 1 aromatic rings. The highest BCUT2D eigenvalue weighted by atomic mass is 16.5. The Morgan fingerprint density at radius 3 is 2.05 bits per heavy atom. The molecule has 1 fully saturated rings. The van der Waals surface area contributed by atoms with Gasteiger partial charge in [0.05, 0.1) is 21.3 Å². The van der Waals surface area contributed by atoms with Gasteiger partial charge in [-0.3, -0.25) is 0 Å². The number of hydrogen-bond donors (Lipinski definition) is 1. The van der Waals surface area contributed by atoms with Gasteiger partial charge in [0, 0.05) is 17.5 Å². The smallest absolute Gasteiger partial charge is 0.164 e. The number of rotatable bonds is 6. The highest BCUT2D eigenvalue weighted by Gasteiger charge is 2.30. The van der Waals surface area contributed by atoms with Crippen LogP contribution in [-0.2, 0) is 0 Å². The lowest BCUT2D eigenvalue weighted by molar-refractivity contribution is 0.258. The van der Waals surface area contributed by atoms with E-state index in [0.717, 1.165) is 17.1 Å². The lowest BCUT2D eigenvalue weighted by atomic mass is 9.73. The van der Waals surface area contributed by atoms with E-state index in [1.807, 2.05) is 12.1 Å². The summed E-state index contributed by atoms with van der Waals surface area (Å²) in [5, 5.41) is 0. The first-order valence-electron chi connectivity index (χ1n) is 6.75. The van der Waals surface area contributed by atoms with Crippen LogP contribution in [0.3, 0.4) is 0 Å². The number of methoxy groups -OCH3 is 3. The Labute approximate surface area is 114 Å². The predicted octanol–water partition coefficient (Wildman–Crippen LogP) is 2.55. The van der Waals surface area contributed by atoms with E-state index in [9.17, 15) is 0 Å². The minimum Gasteiger partial charge on any atom is -0.496 e. The Hall–Kier alpha value is -1.42. The molecule has 0 heterocycles. The highest BCUT2D eigenvalue weighted by Crippen LogP contribution is 2.45. The zero-order valence-electron chi connectivity index (χ0n) is 11.9. The van der Waals surface area contributed by atoms with Crippen LogP contribution in [0.15, 0.2) is 12.1 Å². The van der Waals surface area contributed by atoms with Crippen molar-refractivity contribution in [1.29, 1.82) is 0 Å². The molecule has 0 spiro atoms. The summed E-state index contributed by atoms with van der Waals surface area (Å²) in [7, 11) is 4.96. The van der Waals surface area contributed by atoms with Gasteiger partial charge in [0.25, 0.3) is 0 Å². The van der Waals surface area contributed by atoms with Crippen LogP contribution in [0.25, 0.3) is 0 Å². The van der Waals surface area contributed by atoms with Crippen LogP contribution in [0.1, 0.15) is 30.7 Å². The third kappa shape index (κ3) is 2.63. The molecule has 2 N–H and O–H groups in total. The molecule has 0 aromatic heterocycles. The molecule has 106 valence electrons. The summed E-state index contributed by atoms with van der Waals surface area (Å²) in [5.74, 6) is 3.25. The first-order valence-corrected chi connectivity index (χ1v) is 6.75. The van der Waals surface area contributed by atoms with Crippen molar-refractivity contribution in [3.05, 3.63) is 17.7 Å². The number of hydrogen-bond acceptors (Lipinski definition) is 4. The Morgan fingerprint density at radius 2 is 1.63 bits per heavy atom. The van der Waals surface area contributed by atoms with Crippen LogP contribution in [0.2, 0.25) is 0 Å². The molecule has 1 aliphatic carbocycles. The molecule has 1 aliphatic rings. The van der Waals surface area contributed by atoms with E-state index >= 15 is 0 Å². The molecule has 4 nitrogen and oxygen atoms in total. The number of nitrogens with two attached hydrogens (primary N) is 1. The summed E-state index contributed by atoms with van der Waals surface area (Å²) in [6, 6.07) is 3.89. The topological polar surface area (TPSA) is 53.7 Å². The van der Waals surface area contributed by atoms with E-state index in [-0.39, 0.29) is 0 Å². The minimum absolute atomic E-state index is 0.337. The number of benzene rings is 1. The molecule has 0 saturated heterocycles. The summed E-state index contributed by atoms with van der Waals surface area (Å²) in [6.07, 6.45) is 3.80. The molecular formula is C15H23NO3. The van der Waals surface area contributed by atoms with E-state index in [1.54, 1.807) is 21.3 Å². The van der Waals surface area contributed by atoms with Gasteiger partial charge in [-0.25, -0.2) is 0 Å². The Kier molecular flexibility index (Phi) is 4.53. The fraction of sp³-hybridized carbons (Fsp3) is 0.600. The van der Waals surface area contributed by atoms with Gasteiger partial charge in [-0.05, 0) is 31.4 Å². The first-order chi connectivity index (χ1) is 9.24. The van der Waals surface area contributed by atoms with Crippen molar-refractivity contribution in [2.24, 2.45) is 11.7 Å². The predicted molar refractivity (Wildman–Crippen MR) is 75.2 cm³/mol. The van der Waals surface area contributed by atoms with Gasteiger partial charge in [-0.15, -0.1) is 0 Å². The highest BCUT2D eigenvalue weighted by molar-refractivity contribution is 5.52. The van der Waals surface area contributed by atoms with E-state index in [2.05, 4.69) is 0 Å². The Balaban J connectivity index is 2.41. The van der Waals surface area contributed by atoms with Gasteiger partial charge < -0.3 is 19.9 Å². The third-order valence-electron chi connectivity index (χ3n) is 4.11. The minimum atomic E-state index is 0.337. The SMILES string of the molecule is COc1cc(OC)c(C(CN)C2CCC2)cc1OC. The van der Waals surface area contributed by atoms with Crippen molar-refractivity contribution in [2.45, 2.75) is 25.2 Å².